The Bertz CT molecular complexity index is 951. The van der Waals surface area contributed by atoms with E-state index in [1.807, 2.05) is 37.2 Å². The monoisotopic (exact) mass is 409 g/mol. The fourth-order valence-corrected chi connectivity index (χ4v) is 3.66. The number of benzene rings is 2. The molecule has 2 fully saturated rings. The highest BCUT2D eigenvalue weighted by atomic mass is 19.1. The number of rotatable bonds is 8. The van der Waals surface area contributed by atoms with Gasteiger partial charge in [0.2, 0.25) is 5.91 Å². The maximum absolute atomic E-state index is 13.7. The van der Waals surface area contributed by atoms with E-state index in [1.165, 1.54) is 12.1 Å². The van der Waals surface area contributed by atoms with Gasteiger partial charge in [-0.1, -0.05) is 6.07 Å². The molecule has 0 aromatic heterocycles. The molecule has 158 valence electrons. The van der Waals surface area contributed by atoms with Crippen molar-refractivity contribution >= 4 is 23.2 Å². The maximum Gasteiger partial charge on any atom is 0.254 e. The summed E-state index contributed by atoms with van der Waals surface area (Å²) < 4.78 is 13.7. The molecule has 2 amide bonds. The Morgan fingerprint density at radius 1 is 1.07 bits per heavy atom. The Kier molecular flexibility index (Phi) is 5.75. The quantitative estimate of drug-likeness (QED) is 0.708. The second-order valence-corrected chi connectivity index (χ2v) is 8.64. The molecule has 0 heterocycles. The predicted octanol–water partition coefficient (Wildman–Crippen LogP) is 4.29. The van der Waals surface area contributed by atoms with Crippen molar-refractivity contribution in [2.75, 3.05) is 30.9 Å². The Hall–Kier alpha value is -2.89. The molecule has 2 aromatic carbocycles. The average molecular weight is 410 g/mol. The van der Waals surface area contributed by atoms with E-state index >= 15 is 0 Å². The molecule has 5 nitrogen and oxygen atoms in total. The summed E-state index contributed by atoms with van der Waals surface area (Å²) >= 11 is 0. The highest BCUT2D eigenvalue weighted by Crippen LogP contribution is 2.33. The molecule has 2 aromatic rings. The van der Waals surface area contributed by atoms with Crippen LogP contribution >= 0.6 is 0 Å². The van der Waals surface area contributed by atoms with Crippen LogP contribution in [0.1, 0.15) is 41.6 Å². The maximum atomic E-state index is 13.7. The Morgan fingerprint density at radius 3 is 2.47 bits per heavy atom. The first-order valence-electron chi connectivity index (χ1n) is 10.6. The number of anilines is 2. The van der Waals surface area contributed by atoms with E-state index in [0.717, 1.165) is 42.6 Å². The first-order valence-corrected chi connectivity index (χ1v) is 10.6. The van der Waals surface area contributed by atoms with E-state index in [0.29, 0.717) is 24.6 Å². The molecular weight excluding hydrogens is 381 g/mol. The van der Waals surface area contributed by atoms with E-state index < -0.39 is 5.82 Å². The Balaban J connectivity index is 1.60. The van der Waals surface area contributed by atoms with Gasteiger partial charge in [0.05, 0.1) is 0 Å². The van der Waals surface area contributed by atoms with Crippen LogP contribution in [-0.2, 0) is 11.3 Å². The fourth-order valence-electron chi connectivity index (χ4n) is 3.66. The summed E-state index contributed by atoms with van der Waals surface area (Å²) in [5, 5.41) is 2.99. The van der Waals surface area contributed by atoms with Crippen LogP contribution in [-0.4, -0.2) is 37.4 Å². The summed E-state index contributed by atoms with van der Waals surface area (Å²) in [6, 6.07) is 11.7. The Labute approximate surface area is 176 Å². The predicted molar refractivity (Wildman–Crippen MR) is 116 cm³/mol. The van der Waals surface area contributed by atoms with Crippen molar-refractivity contribution in [2.24, 2.45) is 11.8 Å². The molecule has 2 saturated carbocycles. The second-order valence-electron chi connectivity index (χ2n) is 8.64. The molecule has 6 heteroatoms. The van der Waals surface area contributed by atoms with E-state index in [1.54, 1.807) is 17.0 Å². The third-order valence-corrected chi connectivity index (χ3v) is 5.67. The van der Waals surface area contributed by atoms with Crippen molar-refractivity contribution < 1.29 is 14.0 Å². The van der Waals surface area contributed by atoms with Gasteiger partial charge in [-0.3, -0.25) is 9.59 Å². The summed E-state index contributed by atoms with van der Waals surface area (Å²) in [5.41, 5.74) is 3.06. The minimum atomic E-state index is -0.411. The largest absolute Gasteiger partial charge is 0.377 e. The first-order chi connectivity index (χ1) is 14.4. The van der Waals surface area contributed by atoms with Gasteiger partial charge in [-0.25, -0.2) is 4.39 Å². The molecule has 0 atom stereocenters. The molecule has 0 unspecified atom stereocenters. The molecule has 30 heavy (non-hydrogen) atoms. The van der Waals surface area contributed by atoms with Crippen LogP contribution in [0.3, 0.4) is 0 Å². The summed E-state index contributed by atoms with van der Waals surface area (Å²) in [5.74, 6) is 0.111. The zero-order valence-electron chi connectivity index (χ0n) is 17.5. The number of carbonyl (C=O) groups is 2. The fraction of sp³-hybridized carbons (Fsp3) is 0.417. The lowest BCUT2D eigenvalue weighted by Crippen LogP contribution is -2.33. The van der Waals surface area contributed by atoms with E-state index in [-0.39, 0.29) is 17.7 Å². The molecule has 2 aliphatic carbocycles. The van der Waals surface area contributed by atoms with Gasteiger partial charge in [-0.05, 0) is 73.6 Å². The van der Waals surface area contributed by atoms with Crippen LogP contribution in [0, 0.1) is 17.7 Å². The van der Waals surface area contributed by atoms with Gasteiger partial charge in [0.15, 0.2) is 0 Å². The van der Waals surface area contributed by atoms with Crippen molar-refractivity contribution in [2.45, 2.75) is 32.2 Å². The molecule has 0 bridgehead atoms. The number of nitrogens with one attached hydrogen (secondary N) is 1. The van der Waals surface area contributed by atoms with Crippen molar-refractivity contribution in [3.8, 4) is 0 Å². The van der Waals surface area contributed by atoms with Gasteiger partial charge in [0.25, 0.3) is 5.91 Å². The van der Waals surface area contributed by atoms with Crippen LogP contribution in [0.2, 0.25) is 0 Å². The highest BCUT2D eigenvalue weighted by molar-refractivity contribution is 5.95. The van der Waals surface area contributed by atoms with Crippen LogP contribution in [0.4, 0.5) is 15.8 Å². The van der Waals surface area contributed by atoms with Crippen LogP contribution < -0.4 is 10.2 Å². The van der Waals surface area contributed by atoms with Crippen LogP contribution in [0.15, 0.2) is 42.5 Å². The molecule has 4 rings (SSSR count). The lowest BCUT2D eigenvalue weighted by atomic mass is 10.1. The number of carbonyl (C=O) groups excluding carboxylic acids is 2. The zero-order valence-corrected chi connectivity index (χ0v) is 17.5. The van der Waals surface area contributed by atoms with Gasteiger partial charge in [-0.15, -0.1) is 0 Å². The van der Waals surface area contributed by atoms with Gasteiger partial charge in [0, 0.05) is 50.0 Å². The SMILES string of the molecule is CN(C)c1ccc(NC(=O)C2CC2)cc1CN(CC1CC1)C(=O)c1cccc(F)c1. The molecule has 1 N–H and O–H groups in total. The number of halogens is 1. The molecule has 0 spiro atoms. The van der Waals surface area contributed by atoms with E-state index in [2.05, 4.69) is 5.32 Å². The summed E-state index contributed by atoms with van der Waals surface area (Å²) in [4.78, 5) is 29.2. The Morgan fingerprint density at radius 2 is 1.83 bits per heavy atom. The zero-order chi connectivity index (χ0) is 21.3. The van der Waals surface area contributed by atoms with Gasteiger partial charge < -0.3 is 15.1 Å². The second kappa shape index (κ2) is 8.46. The van der Waals surface area contributed by atoms with Gasteiger partial charge >= 0.3 is 0 Å². The standard InChI is InChI=1S/C24H28FN3O2/c1-27(2)22-11-10-21(26-23(29)17-8-9-17)13-19(22)15-28(14-16-6-7-16)24(30)18-4-3-5-20(25)12-18/h3-5,10-13,16-17H,6-9,14-15H2,1-2H3,(H,26,29). The van der Waals surface area contributed by atoms with Crippen molar-refractivity contribution in [3.05, 3.63) is 59.4 Å². The van der Waals surface area contributed by atoms with E-state index in [9.17, 15) is 14.0 Å². The smallest absolute Gasteiger partial charge is 0.254 e. The molecule has 0 radical (unpaired) electrons. The van der Waals surface area contributed by atoms with Crippen LogP contribution in [0.25, 0.3) is 0 Å². The third kappa shape index (κ3) is 4.99. The molecule has 2 aliphatic rings. The minimum Gasteiger partial charge on any atom is -0.377 e. The summed E-state index contributed by atoms with van der Waals surface area (Å²) in [6.07, 6.45) is 4.13. The lowest BCUT2D eigenvalue weighted by molar-refractivity contribution is -0.117. The average Bonchev–Trinajstić information content (AvgIpc) is 3.61. The number of amides is 2. The third-order valence-electron chi connectivity index (χ3n) is 5.67. The number of nitrogens with zero attached hydrogens (tertiary/aromatic N) is 2. The normalized spacial score (nSPS) is 15.6. The highest BCUT2D eigenvalue weighted by Gasteiger charge is 2.30. The van der Waals surface area contributed by atoms with E-state index in [4.69, 9.17) is 0 Å². The molecular formula is C24H28FN3O2. The van der Waals surface area contributed by atoms with Crippen molar-refractivity contribution in [1.29, 1.82) is 0 Å². The van der Waals surface area contributed by atoms with Gasteiger partial charge in [0.1, 0.15) is 5.82 Å². The first kappa shape index (κ1) is 20.4. The van der Waals surface area contributed by atoms with Crippen LogP contribution in [0.5, 0.6) is 0 Å². The minimum absolute atomic E-state index is 0.0595. The van der Waals surface area contributed by atoms with Crippen molar-refractivity contribution in [3.63, 3.8) is 0 Å². The van der Waals surface area contributed by atoms with Gasteiger partial charge in [-0.2, -0.15) is 0 Å². The summed E-state index contributed by atoms with van der Waals surface area (Å²) in [6.45, 7) is 1.06. The summed E-state index contributed by atoms with van der Waals surface area (Å²) in [7, 11) is 3.92. The lowest BCUT2D eigenvalue weighted by Gasteiger charge is -2.26. The molecule has 0 saturated heterocycles. The number of hydrogen-bond acceptors (Lipinski definition) is 3. The topological polar surface area (TPSA) is 52.7 Å². The molecule has 0 aliphatic heterocycles. The number of hydrogen-bond donors (Lipinski definition) is 1. The van der Waals surface area contributed by atoms with Crippen molar-refractivity contribution in [1.82, 2.24) is 4.90 Å².